The number of carboxylic acids is 1. The van der Waals surface area contributed by atoms with Crippen LogP contribution in [0, 0.1) is 0 Å². The van der Waals surface area contributed by atoms with Crippen LogP contribution in [-0.2, 0) is 14.3 Å². The molecule has 1 heterocycles. The van der Waals surface area contributed by atoms with E-state index in [4.69, 9.17) is 9.84 Å². The highest BCUT2D eigenvalue weighted by molar-refractivity contribution is 5.82. The molecule has 0 aliphatic carbocycles. The first-order chi connectivity index (χ1) is 6.59. The summed E-state index contributed by atoms with van der Waals surface area (Å²) >= 11 is 0. The monoisotopic (exact) mass is 201 g/mol. The highest BCUT2D eigenvalue weighted by Crippen LogP contribution is 2.16. The Bertz CT molecular complexity index is 223. The van der Waals surface area contributed by atoms with E-state index >= 15 is 0 Å². The summed E-state index contributed by atoms with van der Waals surface area (Å²) < 4.78 is 5.30. The van der Waals surface area contributed by atoms with Crippen LogP contribution in [0.4, 0.5) is 0 Å². The molecule has 80 valence electrons. The Morgan fingerprint density at radius 3 is 2.79 bits per heavy atom. The predicted octanol–water partition coefficient (Wildman–Crippen LogP) is 0.145. The normalized spacial score (nSPS) is 23.1. The summed E-state index contributed by atoms with van der Waals surface area (Å²) in [4.78, 5) is 21.5. The van der Waals surface area contributed by atoms with Crippen molar-refractivity contribution in [2.24, 2.45) is 0 Å². The van der Waals surface area contributed by atoms with Gasteiger partial charge >= 0.3 is 5.97 Å². The molecule has 1 unspecified atom stereocenters. The molecule has 1 rings (SSSR count). The third kappa shape index (κ3) is 3.33. The molecule has 1 saturated heterocycles. The van der Waals surface area contributed by atoms with Crippen molar-refractivity contribution in [3.05, 3.63) is 0 Å². The topological polar surface area (TPSA) is 75.6 Å². The number of aliphatic carboxylic acids is 1. The molecule has 0 aromatic carbocycles. The smallest absolute Gasteiger partial charge is 0.326 e. The molecule has 0 bridgehead atoms. The predicted molar refractivity (Wildman–Crippen MR) is 48.8 cm³/mol. The summed E-state index contributed by atoms with van der Waals surface area (Å²) in [5.41, 5.74) is 0. The number of carbonyl (C=O) groups excluding carboxylic acids is 1. The number of hydrogen-bond acceptors (Lipinski definition) is 3. The minimum absolute atomic E-state index is 0.0250. The maximum Gasteiger partial charge on any atom is 0.326 e. The second-order valence-corrected chi connectivity index (χ2v) is 3.46. The Balaban J connectivity index is 2.41. The number of amides is 1. The van der Waals surface area contributed by atoms with Crippen molar-refractivity contribution in [3.63, 3.8) is 0 Å². The van der Waals surface area contributed by atoms with Crippen LogP contribution in [0.3, 0.4) is 0 Å². The molecule has 1 fully saturated rings. The van der Waals surface area contributed by atoms with Gasteiger partial charge in [-0.2, -0.15) is 0 Å². The van der Waals surface area contributed by atoms with Gasteiger partial charge in [0.15, 0.2) is 0 Å². The average molecular weight is 201 g/mol. The van der Waals surface area contributed by atoms with E-state index < -0.39 is 12.0 Å². The van der Waals surface area contributed by atoms with Gasteiger partial charge in [-0.25, -0.2) is 4.79 Å². The minimum Gasteiger partial charge on any atom is -0.480 e. The zero-order chi connectivity index (χ0) is 10.6. The maximum absolute atomic E-state index is 10.8. The van der Waals surface area contributed by atoms with Gasteiger partial charge in [0, 0.05) is 20.0 Å². The molecule has 5 nitrogen and oxygen atoms in total. The van der Waals surface area contributed by atoms with Crippen molar-refractivity contribution < 1.29 is 19.4 Å². The van der Waals surface area contributed by atoms with Gasteiger partial charge in [0.25, 0.3) is 0 Å². The number of carbonyl (C=O) groups is 2. The third-order valence-corrected chi connectivity index (χ3v) is 2.20. The van der Waals surface area contributed by atoms with E-state index in [-0.39, 0.29) is 12.0 Å². The number of ether oxygens (including phenoxy) is 1. The number of hydrogen-bond donors (Lipinski definition) is 2. The fourth-order valence-electron chi connectivity index (χ4n) is 1.56. The summed E-state index contributed by atoms with van der Waals surface area (Å²) in [6, 6.07) is -0.824. The standard InChI is InChI=1S/C9H15NO4/c1-6(11)10-8(9(12)13)5-7-3-2-4-14-7/h7-8H,2-5H2,1H3,(H,10,11)(H,12,13)/t7-,8?/m1/s1. The molecule has 0 spiro atoms. The van der Waals surface area contributed by atoms with E-state index in [0.29, 0.717) is 13.0 Å². The summed E-state index contributed by atoms with van der Waals surface area (Å²) in [7, 11) is 0. The van der Waals surface area contributed by atoms with Crippen LogP contribution in [-0.4, -0.2) is 35.7 Å². The molecule has 1 amide bonds. The highest BCUT2D eigenvalue weighted by atomic mass is 16.5. The van der Waals surface area contributed by atoms with E-state index in [1.165, 1.54) is 6.92 Å². The molecule has 2 atom stereocenters. The SMILES string of the molecule is CC(=O)NC(C[C@H]1CCCO1)C(=O)O. The van der Waals surface area contributed by atoms with Crippen molar-refractivity contribution in [2.75, 3.05) is 6.61 Å². The molecule has 0 aromatic heterocycles. The molecular formula is C9H15NO4. The Morgan fingerprint density at radius 2 is 2.36 bits per heavy atom. The van der Waals surface area contributed by atoms with Gasteiger partial charge in [-0.1, -0.05) is 0 Å². The third-order valence-electron chi connectivity index (χ3n) is 2.20. The minimum atomic E-state index is -1.00. The van der Waals surface area contributed by atoms with Crippen LogP contribution in [0.1, 0.15) is 26.2 Å². The van der Waals surface area contributed by atoms with E-state index in [9.17, 15) is 9.59 Å². The average Bonchev–Trinajstić information content (AvgIpc) is 2.54. The Labute approximate surface area is 82.4 Å². The first-order valence-corrected chi connectivity index (χ1v) is 4.71. The van der Waals surface area contributed by atoms with Crippen LogP contribution in [0.25, 0.3) is 0 Å². The van der Waals surface area contributed by atoms with Crippen molar-refractivity contribution in [3.8, 4) is 0 Å². The lowest BCUT2D eigenvalue weighted by Crippen LogP contribution is -2.41. The summed E-state index contributed by atoms with van der Waals surface area (Å²) in [6.07, 6.45) is 2.18. The molecule has 0 aromatic rings. The van der Waals surface area contributed by atoms with Gasteiger partial charge < -0.3 is 15.2 Å². The quantitative estimate of drug-likeness (QED) is 0.678. The van der Waals surface area contributed by atoms with Gasteiger partial charge in [0.05, 0.1) is 6.10 Å². The molecule has 14 heavy (non-hydrogen) atoms. The van der Waals surface area contributed by atoms with Gasteiger partial charge in [-0.3, -0.25) is 4.79 Å². The Kier molecular flexibility index (Phi) is 3.88. The molecule has 2 N–H and O–H groups in total. The van der Waals surface area contributed by atoms with Gasteiger partial charge in [0.2, 0.25) is 5.91 Å². The largest absolute Gasteiger partial charge is 0.480 e. The molecule has 0 saturated carbocycles. The molecule has 1 aliphatic rings. The summed E-state index contributed by atoms with van der Waals surface area (Å²) in [5.74, 6) is -1.33. The van der Waals surface area contributed by atoms with Crippen LogP contribution in [0.15, 0.2) is 0 Å². The van der Waals surface area contributed by atoms with Crippen LogP contribution in [0.5, 0.6) is 0 Å². The van der Waals surface area contributed by atoms with Crippen molar-refractivity contribution >= 4 is 11.9 Å². The first-order valence-electron chi connectivity index (χ1n) is 4.71. The number of nitrogens with one attached hydrogen (secondary N) is 1. The highest BCUT2D eigenvalue weighted by Gasteiger charge is 2.25. The van der Waals surface area contributed by atoms with Crippen LogP contribution >= 0.6 is 0 Å². The van der Waals surface area contributed by atoms with Gasteiger partial charge in [-0.05, 0) is 12.8 Å². The van der Waals surface area contributed by atoms with Gasteiger partial charge in [0.1, 0.15) is 6.04 Å². The van der Waals surface area contributed by atoms with E-state index in [1.54, 1.807) is 0 Å². The first kappa shape index (κ1) is 11.0. The zero-order valence-corrected chi connectivity index (χ0v) is 8.16. The Hall–Kier alpha value is -1.10. The van der Waals surface area contributed by atoms with E-state index in [0.717, 1.165) is 12.8 Å². The molecule has 0 radical (unpaired) electrons. The second-order valence-electron chi connectivity index (χ2n) is 3.46. The summed E-state index contributed by atoms with van der Waals surface area (Å²) in [6.45, 7) is 2.00. The lowest BCUT2D eigenvalue weighted by Gasteiger charge is -2.16. The fraction of sp³-hybridized carbons (Fsp3) is 0.778. The van der Waals surface area contributed by atoms with E-state index in [1.807, 2.05) is 0 Å². The van der Waals surface area contributed by atoms with E-state index in [2.05, 4.69) is 5.32 Å². The van der Waals surface area contributed by atoms with Crippen LogP contribution < -0.4 is 5.32 Å². The molecule has 1 aliphatic heterocycles. The van der Waals surface area contributed by atoms with Crippen molar-refractivity contribution in [1.82, 2.24) is 5.32 Å². The van der Waals surface area contributed by atoms with Crippen molar-refractivity contribution in [1.29, 1.82) is 0 Å². The number of carboxylic acid groups (broad SMARTS) is 1. The summed E-state index contributed by atoms with van der Waals surface area (Å²) in [5, 5.41) is 11.2. The number of rotatable bonds is 4. The molecular weight excluding hydrogens is 186 g/mol. The lowest BCUT2D eigenvalue weighted by molar-refractivity contribution is -0.142. The lowest BCUT2D eigenvalue weighted by atomic mass is 10.1. The zero-order valence-electron chi connectivity index (χ0n) is 8.16. The molecule has 5 heteroatoms. The fourth-order valence-corrected chi connectivity index (χ4v) is 1.56. The Morgan fingerprint density at radius 1 is 1.64 bits per heavy atom. The second kappa shape index (κ2) is 4.95. The maximum atomic E-state index is 10.8. The van der Waals surface area contributed by atoms with Crippen molar-refractivity contribution in [2.45, 2.75) is 38.3 Å². The van der Waals surface area contributed by atoms with Crippen LogP contribution in [0.2, 0.25) is 0 Å². The van der Waals surface area contributed by atoms with Gasteiger partial charge in [-0.15, -0.1) is 0 Å².